The predicted molar refractivity (Wildman–Crippen MR) is 75.9 cm³/mol. The molecule has 4 heteroatoms. The minimum absolute atomic E-state index is 0. The van der Waals surface area contributed by atoms with Crippen molar-refractivity contribution in [2.24, 2.45) is 11.1 Å². The molecule has 1 aromatic rings. The van der Waals surface area contributed by atoms with E-state index in [1.54, 1.807) is 0 Å². The van der Waals surface area contributed by atoms with Crippen molar-refractivity contribution in [1.29, 1.82) is 0 Å². The van der Waals surface area contributed by atoms with Crippen LogP contribution in [0.2, 0.25) is 0 Å². The van der Waals surface area contributed by atoms with E-state index >= 15 is 0 Å². The van der Waals surface area contributed by atoms with Crippen molar-refractivity contribution in [3.63, 3.8) is 0 Å². The van der Waals surface area contributed by atoms with E-state index in [0.29, 0.717) is 0 Å². The van der Waals surface area contributed by atoms with Gasteiger partial charge in [-0.2, -0.15) is 0 Å². The Morgan fingerprint density at radius 1 is 1.33 bits per heavy atom. The Kier molecular flexibility index (Phi) is 5.84. The van der Waals surface area contributed by atoms with Crippen molar-refractivity contribution in [3.05, 3.63) is 34.9 Å². The van der Waals surface area contributed by atoms with Crippen molar-refractivity contribution < 1.29 is 9.53 Å². The Labute approximate surface area is 115 Å². The lowest BCUT2D eigenvalue weighted by Gasteiger charge is -2.30. The first-order chi connectivity index (χ1) is 7.80. The quantitative estimate of drug-likeness (QED) is 0.860. The van der Waals surface area contributed by atoms with Crippen molar-refractivity contribution in [3.8, 4) is 0 Å². The zero-order valence-electron chi connectivity index (χ0n) is 11.6. The van der Waals surface area contributed by atoms with E-state index in [1.165, 1.54) is 12.7 Å². The zero-order chi connectivity index (χ0) is 13.2. The summed E-state index contributed by atoms with van der Waals surface area (Å²) in [5.74, 6) is -0.287. The summed E-state index contributed by atoms with van der Waals surface area (Å²) in [5, 5.41) is 0. The summed E-state index contributed by atoms with van der Waals surface area (Å²) in [6.07, 6.45) is 0. The summed E-state index contributed by atoms with van der Waals surface area (Å²) < 4.78 is 4.80. The van der Waals surface area contributed by atoms with Crippen LogP contribution in [-0.4, -0.2) is 13.1 Å². The van der Waals surface area contributed by atoms with E-state index in [2.05, 4.69) is 6.07 Å². The number of ether oxygens (including phenoxy) is 1. The molecule has 0 aliphatic carbocycles. The van der Waals surface area contributed by atoms with Crippen molar-refractivity contribution in [1.82, 2.24) is 0 Å². The van der Waals surface area contributed by atoms with Crippen LogP contribution in [0.25, 0.3) is 0 Å². The highest BCUT2D eigenvalue weighted by Crippen LogP contribution is 2.34. The minimum atomic E-state index is -0.727. The molecule has 0 spiro atoms. The number of esters is 1. The van der Waals surface area contributed by atoms with Crippen LogP contribution in [0.1, 0.15) is 36.6 Å². The largest absolute Gasteiger partial charge is 0.469 e. The Balaban J connectivity index is 0.00000289. The zero-order valence-corrected chi connectivity index (χ0v) is 12.4. The van der Waals surface area contributed by atoms with E-state index in [9.17, 15) is 4.79 Å². The smallest absolute Gasteiger partial charge is 0.313 e. The first kappa shape index (κ1) is 16.9. The molecule has 3 nitrogen and oxygen atoms in total. The Bertz CT molecular complexity index is 430. The average Bonchev–Trinajstić information content (AvgIpc) is 2.27. The Hall–Kier alpha value is -1.06. The normalized spacial score (nSPS) is 12.6. The molecule has 0 unspecified atom stereocenters. The van der Waals surface area contributed by atoms with Crippen LogP contribution in [-0.2, 0) is 9.53 Å². The highest BCUT2D eigenvalue weighted by Gasteiger charge is 2.37. The standard InChI is InChI=1S/C14H21NO2.ClH/c1-9-6-7-11(10(2)8-9)12(15)14(3,4)13(16)17-5;/h6-8,12H,15H2,1-5H3;1H/t12-;/m0./s1. The van der Waals surface area contributed by atoms with Gasteiger partial charge in [0.2, 0.25) is 0 Å². The number of rotatable bonds is 3. The van der Waals surface area contributed by atoms with Crippen LogP contribution in [0, 0.1) is 19.3 Å². The first-order valence-electron chi connectivity index (χ1n) is 5.72. The third-order valence-electron chi connectivity index (χ3n) is 3.25. The molecule has 102 valence electrons. The molecule has 0 radical (unpaired) electrons. The molecule has 0 aliphatic rings. The number of hydrogen-bond acceptors (Lipinski definition) is 3. The SMILES string of the molecule is COC(=O)C(C)(C)[C@@H](N)c1ccc(C)cc1C.Cl. The van der Waals surface area contributed by atoms with Gasteiger partial charge >= 0.3 is 5.97 Å². The molecule has 2 N–H and O–H groups in total. The molecule has 1 atom stereocenters. The van der Waals surface area contributed by atoms with Crippen LogP contribution < -0.4 is 5.73 Å². The van der Waals surface area contributed by atoms with E-state index in [-0.39, 0.29) is 24.4 Å². The lowest BCUT2D eigenvalue weighted by Crippen LogP contribution is -2.37. The van der Waals surface area contributed by atoms with Gasteiger partial charge in [-0.1, -0.05) is 23.8 Å². The van der Waals surface area contributed by atoms with E-state index < -0.39 is 5.41 Å². The van der Waals surface area contributed by atoms with Crippen LogP contribution in [0.3, 0.4) is 0 Å². The molecule has 1 aromatic carbocycles. The summed E-state index contributed by atoms with van der Waals surface area (Å²) in [4.78, 5) is 11.7. The highest BCUT2D eigenvalue weighted by molar-refractivity contribution is 5.85. The third kappa shape index (κ3) is 3.24. The number of hydrogen-bond donors (Lipinski definition) is 1. The molecule has 18 heavy (non-hydrogen) atoms. The summed E-state index contributed by atoms with van der Waals surface area (Å²) in [6.45, 7) is 7.66. The molecule has 0 saturated carbocycles. The van der Waals surface area contributed by atoms with Gasteiger partial charge < -0.3 is 10.5 Å². The van der Waals surface area contributed by atoms with Crippen molar-refractivity contribution >= 4 is 18.4 Å². The minimum Gasteiger partial charge on any atom is -0.469 e. The molecular weight excluding hydrogens is 250 g/mol. The number of aryl methyl sites for hydroxylation is 2. The van der Waals surface area contributed by atoms with Crippen LogP contribution in [0.5, 0.6) is 0 Å². The summed E-state index contributed by atoms with van der Waals surface area (Å²) in [6, 6.07) is 5.70. The molecule has 0 saturated heterocycles. The fourth-order valence-electron chi connectivity index (χ4n) is 1.95. The van der Waals surface area contributed by atoms with Crippen LogP contribution in [0.4, 0.5) is 0 Å². The topological polar surface area (TPSA) is 52.3 Å². The van der Waals surface area contributed by atoms with Gasteiger partial charge in [-0.3, -0.25) is 4.79 Å². The summed E-state index contributed by atoms with van der Waals surface area (Å²) in [5.41, 5.74) is 8.76. The van der Waals surface area contributed by atoms with Gasteiger partial charge in [0.25, 0.3) is 0 Å². The maximum Gasteiger partial charge on any atom is 0.313 e. The van der Waals surface area contributed by atoms with Crippen molar-refractivity contribution in [2.45, 2.75) is 33.7 Å². The van der Waals surface area contributed by atoms with E-state index in [0.717, 1.165) is 11.1 Å². The highest BCUT2D eigenvalue weighted by atomic mass is 35.5. The van der Waals surface area contributed by atoms with E-state index in [1.807, 2.05) is 39.8 Å². The van der Waals surface area contributed by atoms with Gasteiger partial charge in [0.05, 0.1) is 12.5 Å². The lowest BCUT2D eigenvalue weighted by atomic mass is 9.79. The lowest BCUT2D eigenvalue weighted by molar-refractivity contribution is -0.152. The molecule has 0 aromatic heterocycles. The fraction of sp³-hybridized carbons (Fsp3) is 0.500. The Morgan fingerprint density at radius 2 is 1.89 bits per heavy atom. The van der Waals surface area contributed by atoms with Gasteiger partial charge in [-0.15, -0.1) is 12.4 Å². The van der Waals surface area contributed by atoms with Gasteiger partial charge in [-0.05, 0) is 38.8 Å². The number of carbonyl (C=O) groups is 1. The second kappa shape index (κ2) is 6.21. The molecule has 0 bridgehead atoms. The van der Waals surface area contributed by atoms with Crippen molar-refractivity contribution in [2.75, 3.05) is 7.11 Å². The first-order valence-corrected chi connectivity index (χ1v) is 5.72. The number of carbonyl (C=O) groups excluding carboxylic acids is 1. The second-order valence-electron chi connectivity index (χ2n) is 5.05. The van der Waals surface area contributed by atoms with Crippen LogP contribution in [0.15, 0.2) is 18.2 Å². The fourth-order valence-corrected chi connectivity index (χ4v) is 1.95. The second-order valence-corrected chi connectivity index (χ2v) is 5.05. The number of nitrogens with two attached hydrogens (primary N) is 1. The maximum atomic E-state index is 11.7. The molecule has 0 amide bonds. The Morgan fingerprint density at radius 3 is 2.33 bits per heavy atom. The van der Waals surface area contributed by atoms with Gasteiger partial charge in [0, 0.05) is 6.04 Å². The number of halogens is 1. The number of methoxy groups -OCH3 is 1. The predicted octanol–water partition coefficient (Wildman–Crippen LogP) is 2.92. The molecule has 0 aliphatic heterocycles. The van der Waals surface area contributed by atoms with E-state index in [4.69, 9.17) is 10.5 Å². The molecular formula is C14H22ClNO2. The molecule has 0 fully saturated rings. The van der Waals surface area contributed by atoms with Crippen LogP contribution >= 0.6 is 12.4 Å². The maximum absolute atomic E-state index is 11.7. The molecule has 1 rings (SSSR count). The summed E-state index contributed by atoms with van der Waals surface area (Å²) >= 11 is 0. The molecule has 0 heterocycles. The monoisotopic (exact) mass is 271 g/mol. The number of benzene rings is 1. The summed E-state index contributed by atoms with van der Waals surface area (Å²) in [7, 11) is 1.39. The van der Waals surface area contributed by atoms with Gasteiger partial charge in [-0.25, -0.2) is 0 Å². The van der Waals surface area contributed by atoms with Gasteiger partial charge in [0.1, 0.15) is 0 Å². The van der Waals surface area contributed by atoms with Gasteiger partial charge in [0.15, 0.2) is 0 Å². The average molecular weight is 272 g/mol. The third-order valence-corrected chi connectivity index (χ3v) is 3.25.